The monoisotopic (exact) mass is 231 g/mol. The van der Waals surface area contributed by atoms with Gasteiger partial charge in [0.1, 0.15) is 11.4 Å². The normalized spacial score (nSPS) is 10.2. The van der Waals surface area contributed by atoms with Crippen LogP contribution in [0.4, 0.5) is 5.82 Å². The Morgan fingerprint density at radius 2 is 2.35 bits per heavy atom. The van der Waals surface area contributed by atoms with Crippen molar-refractivity contribution in [3.8, 4) is 0 Å². The van der Waals surface area contributed by atoms with Crippen molar-refractivity contribution in [2.75, 3.05) is 5.73 Å². The molecule has 88 valence electrons. The number of hydrogen-bond donors (Lipinski definition) is 2. The van der Waals surface area contributed by atoms with Gasteiger partial charge >= 0.3 is 0 Å². The van der Waals surface area contributed by atoms with Crippen molar-refractivity contribution < 1.29 is 4.79 Å². The van der Waals surface area contributed by atoms with E-state index in [4.69, 9.17) is 5.73 Å². The van der Waals surface area contributed by atoms with E-state index in [1.54, 1.807) is 13.2 Å². The molecular weight excluding hydrogens is 218 g/mol. The average molecular weight is 231 g/mol. The summed E-state index contributed by atoms with van der Waals surface area (Å²) in [6, 6.07) is 5.53. The molecule has 6 nitrogen and oxygen atoms in total. The molecule has 6 heteroatoms. The van der Waals surface area contributed by atoms with Crippen LogP contribution in [0.15, 0.2) is 30.6 Å². The molecule has 2 rings (SSSR count). The van der Waals surface area contributed by atoms with Crippen LogP contribution in [-0.4, -0.2) is 20.7 Å². The first-order chi connectivity index (χ1) is 8.18. The molecule has 0 spiro atoms. The quantitative estimate of drug-likeness (QED) is 0.797. The van der Waals surface area contributed by atoms with Gasteiger partial charge in [-0.15, -0.1) is 0 Å². The van der Waals surface area contributed by atoms with Crippen molar-refractivity contribution in [1.29, 1.82) is 0 Å². The summed E-state index contributed by atoms with van der Waals surface area (Å²) in [5.74, 6) is 0.102. The Labute approximate surface area is 98.5 Å². The highest BCUT2D eigenvalue weighted by Crippen LogP contribution is 2.08. The Morgan fingerprint density at radius 1 is 1.53 bits per heavy atom. The smallest absolute Gasteiger partial charge is 0.256 e. The van der Waals surface area contributed by atoms with Gasteiger partial charge in [0, 0.05) is 13.2 Å². The van der Waals surface area contributed by atoms with Crippen molar-refractivity contribution in [3.63, 3.8) is 0 Å². The number of nitrogens with two attached hydrogens (primary N) is 1. The second-order valence-corrected chi connectivity index (χ2v) is 3.57. The molecule has 0 aliphatic rings. The molecule has 0 saturated heterocycles. The maximum absolute atomic E-state index is 11.8. The van der Waals surface area contributed by atoms with Crippen molar-refractivity contribution in [2.24, 2.45) is 7.05 Å². The van der Waals surface area contributed by atoms with Gasteiger partial charge in [-0.2, -0.15) is 5.10 Å². The highest BCUT2D eigenvalue weighted by molar-refractivity contribution is 5.98. The third-order valence-electron chi connectivity index (χ3n) is 2.39. The third kappa shape index (κ3) is 2.41. The van der Waals surface area contributed by atoms with Gasteiger partial charge in [0.15, 0.2) is 0 Å². The summed E-state index contributed by atoms with van der Waals surface area (Å²) in [7, 11) is 1.69. The van der Waals surface area contributed by atoms with E-state index < -0.39 is 0 Å². The number of rotatable bonds is 3. The Kier molecular flexibility index (Phi) is 3.04. The predicted molar refractivity (Wildman–Crippen MR) is 63.0 cm³/mol. The molecule has 3 N–H and O–H groups in total. The first-order valence-corrected chi connectivity index (χ1v) is 5.14. The molecule has 0 unspecified atom stereocenters. The molecule has 2 aromatic heterocycles. The van der Waals surface area contributed by atoms with Crippen molar-refractivity contribution >= 4 is 11.7 Å². The lowest BCUT2D eigenvalue weighted by molar-refractivity contribution is 0.0951. The number of aryl methyl sites for hydroxylation is 1. The Hall–Kier alpha value is -2.37. The van der Waals surface area contributed by atoms with E-state index in [1.807, 2.05) is 18.2 Å². The fourth-order valence-corrected chi connectivity index (χ4v) is 1.39. The Morgan fingerprint density at radius 3 is 2.94 bits per heavy atom. The Bertz CT molecular complexity index is 520. The minimum atomic E-state index is -0.249. The number of nitrogens with zero attached hydrogens (tertiary/aromatic N) is 3. The zero-order valence-electron chi connectivity index (χ0n) is 9.42. The van der Waals surface area contributed by atoms with Gasteiger partial charge in [0.2, 0.25) is 0 Å². The fraction of sp³-hybridized carbons (Fsp3) is 0.182. The van der Waals surface area contributed by atoms with Gasteiger partial charge in [-0.1, -0.05) is 6.07 Å². The number of carbonyl (C=O) groups excluding carboxylic acids is 1. The van der Waals surface area contributed by atoms with Crippen LogP contribution in [-0.2, 0) is 13.6 Å². The summed E-state index contributed by atoms with van der Waals surface area (Å²) in [5.41, 5.74) is 6.87. The molecule has 17 heavy (non-hydrogen) atoms. The van der Waals surface area contributed by atoms with Gasteiger partial charge < -0.3 is 11.1 Å². The van der Waals surface area contributed by atoms with E-state index in [1.165, 1.54) is 10.9 Å². The molecule has 1 amide bonds. The predicted octanol–water partition coefficient (Wildman–Crippen LogP) is 0.327. The van der Waals surface area contributed by atoms with Crippen molar-refractivity contribution in [2.45, 2.75) is 6.54 Å². The number of anilines is 1. The van der Waals surface area contributed by atoms with E-state index in [0.29, 0.717) is 17.9 Å². The minimum absolute atomic E-state index is 0.249. The summed E-state index contributed by atoms with van der Waals surface area (Å²) in [6.07, 6.45) is 3.13. The fourth-order valence-electron chi connectivity index (χ4n) is 1.39. The van der Waals surface area contributed by atoms with Gasteiger partial charge in [-0.3, -0.25) is 14.5 Å². The zero-order valence-corrected chi connectivity index (χ0v) is 9.42. The maximum atomic E-state index is 11.8. The highest BCUT2D eigenvalue weighted by Gasteiger charge is 2.12. The number of hydrogen-bond acceptors (Lipinski definition) is 4. The standard InChI is InChI=1S/C11H13N5O/c1-16-10(12)9(7-15-16)11(17)14-6-8-4-2-3-5-13-8/h2-5,7H,6,12H2,1H3,(H,14,17). The number of nitrogens with one attached hydrogen (secondary N) is 1. The maximum Gasteiger partial charge on any atom is 0.256 e. The molecule has 0 aliphatic heterocycles. The number of aromatic nitrogens is 3. The molecule has 0 saturated carbocycles. The number of pyridine rings is 1. The summed E-state index contributed by atoms with van der Waals surface area (Å²) >= 11 is 0. The summed E-state index contributed by atoms with van der Waals surface area (Å²) in [5, 5.41) is 6.64. The topological polar surface area (TPSA) is 85.8 Å². The number of carbonyl (C=O) groups is 1. The molecule has 2 heterocycles. The van der Waals surface area contributed by atoms with Crippen LogP contribution >= 0.6 is 0 Å². The minimum Gasteiger partial charge on any atom is -0.383 e. The second-order valence-electron chi connectivity index (χ2n) is 3.57. The molecule has 0 fully saturated rings. The molecule has 0 atom stereocenters. The van der Waals surface area contributed by atoms with E-state index in [2.05, 4.69) is 15.4 Å². The zero-order chi connectivity index (χ0) is 12.3. The lowest BCUT2D eigenvalue weighted by Crippen LogP contribution is -2.23. The van der Waals surface area contributed by atoms with Crippen LogP contribution in [0.25, 0.3) is 0 Å². The van der Waals surface area contributed by atoms with E-state index >= 15 is 0 Å². The summed E-state index contributed by atoms with van der Waals surface area (Å²) in [6.45, 7) is 0.369. The van der Waals surface area contributed by atoms with Crippen molar-refractivity contribution in [3.05, 3.63) is 41.9 Å². The van der Waals surface area contributed by atoms with Gasteiger partial charge in [0.25, 0.3) is 5.91 Å². The first-order valence-electron chi connectivity index (χ1n) is 5.14. The van der Waals surface area contributed by atoms with Crippen LogP contribution in [0.5, 0.6) is 0 Å². The lowest BCUT2D eigenvalue weighted by Gasteiger charge is -2.03. The van der Waals surface area contributed by atoms with Crippen molar-refractivity contribution in [1.82, 2.24) is 20.1 Å². The lowest BCUT2D eigenvalue weighted by atomic mass is 10.3. The molecule has 2 aromatic rings. The third-order valence-corrected chi connectivity index (χ3v) is 2.39. The Balaban J connectivity index is 2.01. The van der Waals surface area contributed by atoms with E-state index in [0.717, 1.165) is 5.69 Å². The summed E-state index contributed by atoms with van der Waals surface area (Å²) < 4.78 is 1.45. The van der Waals surface area contributed by atoms with Gasteiger partial charge in [-0.25, -0.2) is 0 Å². The average Bonchev–Trinajstić information content (AvgIpc) is 2.69. The molecule has 0 radical (unpaired) electrons. The second kappa shape index (κ2) is 4.65. The first kappa shape index (κ1) is 11.1. The van der Waals surface area contributed by atoms with Crippen LogP contribution in [0.1, 0.15) is 16.1 Å². The van der Waals surface area contributed by atoms with E-state index in [-0.39, 0.29) is 5.91 Å². The van der Waals surface area contributed by atoms with Gasteiger partial charge in [-0.05, 0) is 12.1 Å². The van der Waals surface area contributed by atoms with Crippen LogP contribution in [0.2, 0.25) is 0 Å². The van der Waals surface area contributed by atoms with Crippen LogP contribution < -0.4 is 11.1 Å². The van der Waals surface area contributed by atoms with Crippen LogP contribution in [0.3, 0.4) is 0 Å². The van der Waals surface area contributed by atoms with Crippen LogP contribution in [0, 0.1) is 0 Å². The number of amides is 1. The molecule has 0 bridgehead atoms. The van der Waals surface area contributed by atoms with E-state index in [9.17, 15) is 4.79 Å². The highest BCUT2D eigenvalue weighted by atomic mass is 16.1. The summed E-state index contributed by atoms with van der Waals surface area (Å²) in [4.78, 5) is 15.9. The molecule has 0 aliphatic carbocycles. The van der Waals surface area contributed by atoms with Gasteiger partial charge in [0.05, 0.1) is 18.4 Å². The number of nitrogen functional groups attached to an aromatic ring is 1. The SMILES string of the molecule is Cn1ncc(C(=O)NCc2ccccn2)c1N. The largest absolute Gasteiger partial charge is 0.383 e. The molecule has 0 aromatic carbocycles. The molecular formula is C11H13N5O.